The Morgan fingerprint density at radius 3 is 2.85 bits per heavy atom. The third-order valence-corrected chi connectivity index (χ3v) is 5.04. The van der Waals surface area contributed by atoms with Crippen LogP contribution in [0.3, 0.4) is 0 Å². The van der Waals surface area contributed by atoms with Crippen molar-refractivity contribution in [3.05, 3.63) is 54.1 Å². The summed E-state index contributed by atoms with van der Waals surface area (Å²) in [5.41, 5.74) is 8.73. The molecule has 7 heteroatoms. The Morgan fingerprint density at radius 1 is 1.27 bits per heavy atom. The number of nitrogens with two attached hydrogens (primary N) is 1. The molecule has 4 heterocycles. The Hall–Kier alpha value is -3.22. The fourth-order valence-corrected chi connectivity index (χ4v) is 3.62. The molecule has 0 aromatic carbocycles. The number of H-pyrrole nitrogens is 1. The zero-order valence-corrected chi connectivity index (χ0v) is 14.3. The zero-order valence-electron chi connectivity index (χ0n) is 14.3. The monoisotopic (exact) mass is 348 g/mol. The number of anilines is 1. The standard InChI is InChI=1S/C19H20N6O/c20-16-11-22-7-3-14(16)17(21)19(26)25-8-4-12(5-9-25)15-10-24-18-13(15)2-1-6-23-18/h1-3,6-7,10-12,21H,4-5,8-9,20H2,(H,23,24). The lowest BCUT2D eigenvalue weighted by molar-refractivity contribution is -0.125. The number of aromatic nitrogens is 3. The van der Waals surface area contributed by atoms with E-state index in [1.165, 1.54) is 11.8 Å². The van der Waals surface area contributed by atoms with Crippen molar-refractivity contribution in [2.45, 2.75) is 18.8 Å². The van der Waals surface area contributed by atoms with Crippen LogP contribution in [0, 0.1) is 5.41 Å². The summed E-state index contributed by atoms with van der Waals surface area (Å²) in [6, 6.07) is 5.63. The first-order valence-electron chi connectivity index (χ1n) is 8.65. The molecule has 3 aromatic heterocycles. The molecule has 4 N–H and O–H groups in total. The van der Waals surface area contributed by atoms with Gasteiger partial charge in [0.05, 0.1) is 11.9 Å². The van der Waals surface area contributed by atoms with Crippen molar-refractivity contribution >= 4 is 28.3 Å². The summed E-state index contributed by atoms with van der Waals surface area (Å²) in [4.78, 5) is 25.9. The minimum Gasteiger partial charge on any atom is -0.397 e. The molecule has 0 unspecified atom stereocenters. The van der Waals surface area contributed by atoms with Crippen LogP contribution in [-0.4, -0.2) is 44.6 Å². The molecule has 1 fully saturated rings. The summed E-state index contributed by atoms with van der Waals surface area (Å²) in [7, 11) is 0. The fraction of sp³-hybridized carbons (Fsp3) is 0.263. The summed E-state index contributed by atoms with van der Waals surface area (Å²) in [5, 5.41) is 9.35. The van der Waals surface area contributed by atoms with E-state index in [0.717, 1.165) is 23.9 Å². The Morgan fingerprint density at radius 2 is 2.08 bits per heavy atom. The van der Waals surface area contributed by atoms with E-state index in [1.54, 1.807) is 23.4 Å². The summed E-state index contributed by atoms with van der Waals surface area (Å²) in [5.74, 6) is 0.110. The summed E-state index contributed by atoms with van der Waals surface area (Å²) in [6.07, 6.45) is 8.55. The van der Waals surface area contributed by atoms with Crippen LogP contribution < -0.4 is 5.73 Å². The Labute approximate surface area is 150 Å². The highest BCUT2D eigenvalue weighted by Gasteiger charge is 2.28. The van der Waals surface area contributed by atoms with E-state index in [9.17, 15) is 4.79 Å². The average Bonchev–Trinajstić information content (AvgIpc) is 3.11. The van der Waals surface area contributed by atoms with Crippen LogP contribution in [0.1, 0.15) is 29.9 Å². The zero-order chi connectivity index (χ0) is 18.1. The molecule has 1 amide bonds. The first-order valence-corrected chi connectivity index (χ1v) is 8.65. The first kappa shape index (κ1) is 16.3. The molecular weight excluding hydrogens is 328 g/mol. The largest absolute Gasteiger partial charge is 0.397 e. The van der Waals surface area contributed by atoms with Gasteiger partial charge in [-0.25, -0.2) is 4.98 Å². The number of carbonyl (C=O) groups excluding carboxylic acids is 1. The molecule has 0 bridgehead atoms. The number of hydrogen-bond donors (Lipinski definition) is 3. The number of nitrogens with one attached hydrogen (secondary N) is 2. The molecule has 0 atom stereocenters. The topological polar surface area (TPSA) is 112 Å². The van der Waals surface area contributed by atoms with E-state index in [1.807, 2.05) is 12.3 Å². The second-order valence-corrected chi connectivity index (χ2v) is 6.55. The smallest absolute Gasteiger partial charge is 0.272 e. The average molecular weight is 348 g/mol. The molecule has 26 heavy (non-hydrogen) atoms. The van der Waals surface area contributed by atoms with Gasteiger partial charge in [0.25, 0.3) is 5.91 Å². The second-order valence-electron chi connectivity index (χ2n) is 6.55. The number of fused-ring (bicyclic) bond motifs is 1. The van der Waals surface area contributed by atoms with E-state index in [4.69, 9.17) is 11.1 Å². The molecule has 132 valence electrons. The maximum Gasteiger partial charge on any atom is 0.272 e. The normalized spacial score (nSPS) is 15.3. The number of carbonyl (C=O) groups is 1. The Balaban J connectivity index is 1.46. The van der Waals surface area contributed by atoms with Crippen LogP contribution in [0.25, 0.3) is 11.0 Å². The summed E-state index contributed by atoms with van der Waals surface area (Å²) < 4.78 is 0. The van der Waals surface area contributed by atoms with Gasteiger partial charge in [-0.05, 0) is 42.5 Å². The molecule has 3 aromatic rings. The van der Waals surface area contributed by atoms with Crippen molar-refractivity contribution in [1.82, 2.24) is 19.9 Å². The molecular formula is C19H20N6O. The van der Waals surface area contributed by atoms with Gasteiger partial charge in [-0.2, -0.15) is 0 Å². The van der Waals surface area contributed by atoms with Gasteiger partial charge in [-0.1, -0.05) is 0 Å². The minimum absolute atomic E-state index is 0.0698. The van der Waals surface area contributed by atoms with Crippen LogP contribution in [-0.2, 0) is 4.79 Å². The lowest BCUT2D eigenvalue weighted by Crippen LogP contribution is -2.41. The molecule has 0 spiro atoms. The molecule has 0 radical (unpaired) electrons. The SMILES string of the molecule is N=C(C(=O)N1CCC(c2c[nH]c3ncccc23)CC1)c1ccncc1N. The molecule has 1 aliphatic heterocycles. The van der Waals surface area contributed by atoms with Crippen LogP contribution in [0.15, 0.2) is 43.0 Å². The molecule has 1 aliphatic rings. The third kappa shape index (κ3) is 2.81. The molecule has 1 saturated heterocycles. The van der Waals surface area contributed by atoms with Gasteiger partial charge in [0, 0.05) is 42.6 Å². The van der Waals surface area contributed by atoms with Gasteiger partial charge in [-0.15, -0.1) is 0 Å². The quantitative estimate of drug-likeness (QED) is 0.631. The number of likely N-dealkylation sites (tertiary alicyclic amines) is 1. The lowest BCUT2D eigenvalue weighted by atomic mass is 9.89. The van der Waals surface area contributed by atoms with Gasteiger partial charge in [0.15, 0.2) is 0 Å². The van der Waals surface area contributed by atoms with Crippen molar-refractivity contribution in [3.63, 3.8) is 0 Å². The number of amides is 1. The predicted octanol–water partition coefficient (Wildman–Crippen LogP) is 2.31. The van der Waals surface area contributed by atoms with E-state index in [2.05, 4.69) is 21.0 Å². The molecule has 0 saturated carbocycles. The molecule has 7 nitrogen and oxygen atoms in total. The number of pyridine rings is 2. The number of rotatable bonds is 3. The highest BCUT2D eigenvalue weighted by molar-refractivity contribution is 6.45. The number of nitrogen functional groups attached to an aromatic ring is 1. The van der Waals surface area contributed by atoms with Crippen molar-refractivity contribution < 1.29 is 4.79 Å². The summed E-state index contributed by atoms with van der Waals surface area (Å²) in [6.45, 7) is 1.26. The molecule has 0 aliphatic carbocycles. The van der Waals surface area contributed by atoms with Crippen LogP contribution in [0.5, 0.6) is 0 Å². The Bertz CT molecular complexity index is 971. The lowest BCUT2D eigenvalue weighted by Gasteiger charge is -2.32. The molecule has 4 rings (SSSR count). The van der Waals surface area contributed by atoms with Crippen LogP contribution in [0.2, 0.25) is 0 Å². The van der Waals surface area contributed by atoms with Gasteiger partial charge in [-0.3, -0.25) is 15.2 Å². The van der Waals surface area contributed by atoms with Gasteiger partial charge in [0.1, 0.15) is 11.4 Å². The maximum atomic E-state index is 12.7. The van der Waals surface area contributed by atoms with Crippen molar-refractivity contribution in [3.8, 4) is 0 Å². The fourth-order valence-electron chi connectivity index (χ4n) is 3.62. The number of hydrogen-bond acceptors (Lipinski definition) is 5. The maximum absolute atomic E-state index is 12.7. The predicted molar refractivity (Wildman–Crippen MR) is 100 cm³/mol. The number of piperidine rings is 1. The summed E-state index contributed by atoms with van der Waals surface area (Å²) >= 11 is 0. The van der Waals surface area contributed by atoms with E-state index in [-0.39, 0.29) is 11.6 Å². The van der Waals surface area contributed by atoms with Gasteiger partial charge >= 0.3 is 0 Å². The number of aromatic amines is 1. The first-order chi connectivity index (χ1) is 12.6. The van der Waals surface area contributed by atoms with Crippen molar-refractivity contribution in [1.29, 1.82) is 5.41 Å². The van der Waals surface area contributed by atoms with E-state index in [0.29, 0.717) is 30.3 Å². The van der Waals surface area contributed by atoms with Crippen molar-refractivity contribution in [2.75, 3.05) is 18.8 Å². The van der Waals surface area contributed by atoms with E-state index >= 15 is 0 Å². The third-order valence-electron chi connectivity index (χ3n) is 5.04. The van der Waals surface area contributed by atoms with Gasteiger partial charge in [0.2, 0.25) is 0 Å². The van der Waals surface area contributed by atoms with Crippen LogP contribution >= 0.6 is 0 Å². The van der Waals surface area contributed by atoms with E-state index < -0.39 is 0 Å². The highest BCUT2D eigenvalue weighted by atomic mass is 16.2. The highest BCUT2D eigenvalue weighted by Crippen LogP contribution is 2.32. The van der Waals surface area contributed by atoms with Gasteiger partial charge < -0.3 is 15.6 Å². The second kappa shape index (κ2) is 6.59. The van der Waals surface area contributed by atoms with Crippen molar-refractivity contribution in [2.24, 2.45) is 0 Å². The Kier molecular flexibility index (Phi) is 4.12. The minimum atomic E-state index is -0.276. The number of nitrogens with zero attached hydrogens (tertiary/aromatic N) is 3. The van der Waals surface area contributed by atoms with Crippen LogP contribution in [0.4, 0.5) is 5.69 Å².